The van der Waals surface area contributed by atoms with Crippen LogP contribution in [0.5, 0.6) is 0 Å². The second kappa shape index (κ2) is 19.3. The molecule has 0 saturated heterocycles. The second-order valence-corrected chi connectivity index (χ2v) is 13.3. The number of aryl methyl sites for hydroxylation is 2. The molecule has 3 aliphatic rings. The van der Waals surface area contributed by atoms with Gasteiger partial charge in [0.2, 0.25) is 0 Å². The molecule has 6 aromatic rings. The summed E-state index contributed by atoms with van der Waals surface area (Å²) < 4.78 is 45.1. The minimum Gasteiger partial charge on any atom is -0.377 e. The maximum absolute atomic E-state index is 5.97. The Labute approximate surface area is 306 Å². The van der Waals surface area contributed by atoms with Crippen LogP contribution in [0.3, 0.4) is 0 Å². The molecular weight excluding hydrogens is 656 g/mol. The SMILES string of the molecule is c1ccc2c(c1)c1cc3ccc1n2CCCCCn1c2ccccc2c2cc(ccc21)COCCOCCOCCOCCOCCOCCOC3. The number of fused-ring (bicyclic) bond motifs is 2. The maximum Gasteiger partial charge on any atom is 0.0718 e. The first kappa shape index (κ1) is 36.6. The predicted octanol–water partition coefficient (Wildman–Crippen LogP) is 7.90. The fraction of sp³-hybridized carbons (Fsp3) is 0.442. The van der Waals surface area contributed by atoms with Crippen LogP contribution in [-0.2, 0) is 59.5 Å². The Hall–Kier alpha value is -3.80. The van der Waals surface area contributed by atoms with Crippen molar-refractivity contribution >= 4 is 43.6 Å². The van der Waals surface area contributed by atoms with Crippen molar-refractivity contribution in [3.8, 4) is 0 Å². The highest BCUT2D eigenvalue weighted by Crippen LogP contribution is 2.32. The van der Waals surface area contributed by atoms with E-state index in [2.05, 4.69) is 94.1 Å². The minimum absolute atomic E-state index is 0.526. The van der Waals surface area contributed by atoms with Crippen molar-refractivity contribution < 1.29 is 33.2 Å². The average Bonchev–Trinajstić information content (AvgIpc) is 3.66. The van der Waals surface area contributed by atoms with Crippen LogP contribution in [0.2, 0.25) is 0 Å². The Morgan fingerprint density at radius 1 is 0.327 bits per heavy atom. The van der Waals surface area contributed by atoms with Crippen molar-refractivity contribution in [3.05, 3.63) is 96.1 Å². The minimum atomic E-state index is 0.526. The van der Waals surface area contributed by atoms with Gasteiger partial charge in [0.05, 0.1) is 92.5 Å². The molecule has 276 valence electrons. The summed E-state index contributed by atoms with van der Waals surface area (Å²) in [6.45, 7) is 9.47. The summed E-state index contributed by atoms with van der Waals surface area (Å²) in [5.74, 6) is 0. The molecular formula is C43H52N2O7. The number of rotatable bonds is 0. The van der Waals surface area contributed by atoms with Gasteiger partial charge >= 0.3 is 0 Å². The third kappa shape index (κ3) is 9.40. The zero-order valence-corrected chi connectivity index (χ0v) is 30.3. The Bertz CT molecular complexity index is 1860. The molecule has 8 bridgehead atoms. The quantitative estimate of drug-likeness (QED) is 0.159. The summed E-state index contributed by atoms with van der Waals surface area (Å²) >= 11 is 0. The van der Waals surface area contributed by atoms with Crippen LogP contribution in [0.25, 0.3) is 43.6 Å². The normalized spacial score (nSPS) is 18.3. The van der Waals surface area contributed by atoms with Crippen molar-refractivity contribution in [1.82, 2.24) is 9.13 Å². The van der Waals surface area contributed by atoms with Crippen LogP contribution >= 0.6 is 0 Å². The van der Waals surface area contributed by atoms with Crippen LogP contribution in [0, 0.1) is 0 Å². The molecule has 9 nitrogen and oxygen atoms in total. The van der Waals surface area contributed by atoms with Gasteiger partial charge in [0.25, 0.3) is 0 Å². The molecule has 0 N–H and O–H groups in total. The topological polar surface area (TPSA) is 74.5 Å². The van der Waals surface area contributed by atoms with Gasteiger partial charge in [-0.1, -0.05) is 48.5 Å². The highest BCUT2D eigenvalue weighted by atomic mass is 16.6. The number of hydrogen-bond acceptors (Lipinski definition) is 7. The summed E-state index contributed by atoms with van der Waals surface area (Å²) in [5, 5.41) is 5.16. The van der Waals surface area contributed by atoms with Crippen LogP contribution in [0.15, 0.2) is 84.9 Å². The molecule has 0 spiro atoms. The van der Waals surface area contributed by atoms with Crippen molar-refractivity contribution in [1.29, 1.82) is 0 Å². The summed E-state index contributed by atoms with van der Waals surface area (Å²) in [4.78, 5) is 0. The van der Waals surface area contributed by atoms with E-state index in [-0.39, 0.29) is 0 Å². The van der Waals surface area contributed by atoms with Crippen molar-refractivity contribution in [2.45, 2.75) is 45.6 Å². The first-order valence-electron chi connectivity index (χ1n) is 18.9. The van der Waals surface area contributed by atoms with E-state index in [9.17, 15) is 0 Å². The van der Waals surface area contributed by atoms with E-state index in [0.717, 1.165) is 32.4 Å². The van der Waals surface area contributed by atoms with Gasteiger partial charge in [0.15, 0.2) is 0 Å². The molecule has 0 saturated carbocycles. The third-order valence-electron chi connectivity index (χ3n) is 9.71. The van der Waals surface area contributed by atoms with Gasteiger partial charge in [-0.2, -0.15) is 0 Å². The van der Waals surface area contributed by atoms with Crippen molar-refractivity contribution in [2.75, 3.05) is 79.3 Å². The summed E-state index contributed by atoms with van der Waals surface area (Å²) in [6, 6.07) is 31.0. The highest BCUT2D eigenvalue weighted by Gasteiger charge is 2.13. The molecule has 9 heteroatoms. The number of para-hydroxylation sites is 2. The molecule has 0 atom stereocenters. The molecule has 0 radical (unpaired) electrons. The van der Waals surface area contributed by atoms with Gasteiger partial charge in [0.1, 0.15) is 0 Å². The Morgan fingerprint density at radius 2 is 0.673 bits per heavy atom. The molecule has 3 aliphatic heterocycles. The summed E-state index contributed by atoms with van der Waals surface area (Å²) in [6.07, 6.45) is 3.39. The summed E-state index contributed by atoms with van der Waals surface area (Å²) in [7, 11) is 0. The van der Waals surface area contributed by atoms with E-state index in [1.54, 1.807) is 0 Å². The predicted molar refractivity (Wildman–Crippen MR) is 206 cm³/mol. The van der Waals surface area contributed by atoms with Crippen LogP contribution < -0.4 is 0 Å². The zero-order valence-electron chi connectivity index (χ0n) is 30.3. The van der Waals surface area contributed by atoms with Crippen LogP contribution in [-0.4, -0.2) is 88.4 Å². The van der Waals surface area contributed by atoms with Gasteiger partial charge < -0.3 is 42.3 Å². The smallest absolute Gasteiger partial charge is 0.0718 e. The lowest BCUT2D eigenvalue weighted by atomic mass is 10.1. The lowest BCUT2D eigenvalue weighted by molar-refractivity contribution is -0.0217. The van der Waals surface area contributed by atoms with Gasteiger partial charge in [-0.05, 0) is 66.8 Å². The van der Waals surface area contributed by atoms with Crippen molar-refractivity contribution in [2.24, 2.45) is 0 Å². The van der Waals surface area contributed by atoms with Crippen LogP contribution in [0.4, 0.5) is 0 Å². The molecule has 2 aromatic heterocycles. The van der Waals surface area contributed by atoms with E-state index in [4.69, 9.17) is 33.2 Å². The maximum atomic E-state index is 5.97. The summed E-state index contributed by atoms with van der Waals surface area (Å²) in [5.41, 5.74) is 7.49. The van der Waals surface area contributed by atoms with Crippen molar-refractivity contribution in [3.63, 3.8) is 0 Å². The molecule has 0 aliphatic carbocycles. The fourth-order valence-electron chi connectivity index (χ4n) is 7.18. The van der Waals surface area contributed by atoms with Gasteiger partial charge in [-0.25, -0.2) is 0 Å². The molecule has 9 rings (SSSR count). The molecule has 52 heavy (non-hydrogen) atoms. The number of hydrogen-bond donors (Lipinski definition) is 0. The highest BCUT2D eigenvalue weighted by molar-refractivity contribution is 6.09. The first-order chi connectivity index (χ1) is 25.9. The van der Waals surface area contributed by atoms with E-state index >= 15 is 0 Å². The Morgan fingerprint density at radius 3 is 1.08 bits per heavy atom. The number of benzene rings is 4. The van der Waals surface area contributed by atoms with Gasteiger partial charge in [0, 0.05) is 56.7 Å². The molecule has 0 amide bonds. The Kier molecular flexibility index (Phi) is 13.6. The van der Waals surface area contributed by atoms with E-state index < -0.39 is 0 Å². The lowest BCUT2D eigenvalue weighted by Crippen LogP contribution is -2.14. The lowest BCUT2D eigenvalue weighted by Gasteiger charge is -2.11. The standard InChI is InChI=1S/C43H52N2O7/c1-6-16-44-40-10-4-2-8-36(40)38-30-34(12-14-42(38)44)32-51-28-26-49-24-22-47-20-18-46-19-21-48-23-25-50-27-29-52-33-35-13-15-43-39(31-35)37-9-3-5-11-41(37)45(43)17-7-1/h2-5,8-15,30-31H,1,6-7,16-29,32-33H2. The number of aromatic nitrogens is 2. The van der Waals surface area contributed by atoms with E-state index in [0.29, 0.717) is 92.5 Å². The average molecular weight is 709 g/mol. The second-order valence-electron chi connectivity index (χ2n) is 13.3. The van der Waals surface area contributed by atoms with E-state index in [1.165, 1.54) is 54.7 Å². The van der Waals surface area contributed by atoms with E-state index in [1.807, 2.05) is 0 Å². The van der Waals surface area contributed by atoms with Gasteiger partial charge in [-0.15, -0.1) is 0 Å². The van der Waals surface area contributed by atoms with Gasteiger partial charge in [-0.3, -0.25) is 0 Å². The molecule has 0 fully saturated rings. The molecule has 5 heterocycles. The zero-order chi connectivity index (χ0) is 35.2. The fourth-order valence-corrected chi connectivity index (χ4v) is 7.18. The largest absolute Gasteiger partial charge is 0.377 e. The first-order valence-corrected chi connectivity index (χ1v) is 18.9. The molecule has 0 unspecified atom stereocenters. The Balaban J connectivity index is 1.01. The monoisotopic (exact) mass is 708 g/mol. The molecule has 4 aromatic carbocycles. The van der Waals surface area contributed by atoms with Crippen LogP contribution in [0.1, 0.15) is 30.4 Å². The number of nitrogens with zero attached hydrogens (tertiary/aromatic N) is 2. The third-order valence-corrected chi connectivity index (χ3v) is 9.71. The number of ether oxygens (including phenoxy) is 7.